The van der Waals surface area contributed by atoms with Gasteiger partial charge in [0.1, 0.15) is 11.6 Å². The van der Waals surface area contributed by atoms with Gasteiger partial charge < -0.3 is 0 Å². The Morgan fingerprint density at radius 2 is 1.71 bits per heavy atom. The summed E-state index contributed by atoms with van der Waals surface area (Å²) in [7, 11) is 0. The van der Waals surface area contributed by atoms with Gasteiger partial charge in [-0.1, -0.05) is 49.1 Å². The SMILES string of the molecule is C=C(/C=C\C(=C/C)SC(F)(F)F)c1ccc([C@@H]2CCC(c3c(F)cccc3F)=N2)cc1. The monoisotopic (exact) mass is 449 g/mol. The van der Waals surface area contributed by atoms with E-state index in [0.29, 0.717) is 24.1 Å². The van der Waals surface area contributed by atoms with Crippen LogP contribution in [0, 0.1) is 11.6 Å². The third-order valence-corrected chi connectivity index (χ3v) is 5.69. The van der Waals surface area contributed by atoms with Crippen LogP contribution in [0.2, 0.25) is 0 Å². The van der Waals surface area contributed by atoms with Crippen LogP contribution < -0.4 is 0 Å². The topological polar surface area (TPSA) is 12.4 Å². The first kappa shape index (κ1) is 23.0. The van der Waals surface area contributed by atoms with E-state index >= 15 is 0 Å². The van der Waals surface area contributed by atoms with Crippen LogP contribution in [0.25, 0.3) is 5.57 Å². The van der Waals surface area contributed by atoms with Crippen LogP contribution in [0.4, 0.5) is 22.0 Å². The molecular weight excluding hydrogens is 429 g/mol. The first-order valence-corrected chi connectivity index (χ1v) is 10.4. The fraction of sp³-hybridized carbons (Fsp3) is 0.208. The first-order valence-electron chi connectivity index (χ1n) is 9.58. The molecule has 0 spiro atoms. The summed E-state index contributed by atoms with van der Waals surface area (Å²) >= 11 is -0.176. The summed E-state index contributed by atoms with van der Waals surface area (Å²) in [4.78, 5) is 4.59. The fourth-order valence-corrected chi connectivity index (χ4v) is 3.84. The summed E-state index contributed by atoms with van der Waals surface area (Å²) in [6.45, 7) is 5.45. The van der Waals surface area contributed by atoms with Gasteiger partial charge in [-0.05, 0) is 66.4 Å². The van der Waals surface area contributed by atoms with Crippen LogP contribution in [0.15, 0.2) is 77.2 Å². The number of hydrogen-bond acceptors (Lipinski definition) is 2. The molecule has 0 unspecified atom stereocenters. The maximum absolute atomic E-state index is 14.0. The average molecular weight is 449 g/mol. The second-order valence-electron chi connectivity index (χ2n) is 6.95. The molecule has 0 saturated heterocycles. The molecule has 0 saturated carbocycles. The zero-order valence-corrected chi connectivity index (χ0v) is 17.5. The van der Waals surface area contributed by atoms with Crippen LogP contribution >= 0.6 is 11.8 Å². The zero-order chi connectivity index (χ0) is 22.6. The molecule has 162 valence electrons. The number of hydrogen-bond donors (Lipinski definition) is 0. The summed E-state index contributed by atoms with van der Waals surface area (Å²) < 4.78 is 65.6. The third-order valence-electron chi connectivity index (χ3n) is 4.85. The minimum absolute atomic E-state index is 0.0726. The van der Waals surface area contributed by atoms with Crippen molar-refractivity contribution in [2.45, 2.75) is 31.3 Å². The number of alkyl halides is 3. The molecule has 0 fully saturated rings. The van der Waals surface area contributed by atoms with E-state index in [-0.39, 0.29) is 28.3 Å². The quantitative estimate of drug-likeness (QED) is 0.321. The van der Waals surface area contributed by atoms with E-state index in [1.807, 2.05) is 24.3 Å². The van der Waals surface area contributed by atoms with Gasteiger partial charge in [0.2, 0.25) is 0 Å². The van der Waals surface area contributed by atoms with Crippen molar-refractivity contribution in [3.8, 4) is 0 Å². The van der Waals surface area contributed by atoms with Crippen LogP contribution in [0.5, 0.6) is 0 Å². The first-order chi connectivity index (χ1) is 14.7. The van der Waals surface area contributed by atoms with Crippen molar-refractivity contribution in [2.75, 3.05) is 0 Å². The number of rotatable bonds is 6. The van der Waals surface area contributed by atoms with Gasteiger partial charge >= 0.3 is 5.51 Å². The molecule has 3 rings (SSSR count). The molecule has 1 nitrogen and oxygen atoms in total. The Morgan fingerprint density at radius 1 is 1.06 bits per heavy atom. The van der Waals surface area contributed by atoms with Gasteiger partial charge in [0, 0.05) is 10.6 Å². The van der Waals surface area contributed by atoms with Crippen molar-refractivity contribution in [3.05, 3.63) is 101 Å². The van der Waals surface area contributed by atoms with E-state index in [9.17, 15) is 22.0 Å². The lowest BCUT2D eigenvalue weighted by atomic mass is 9.99. The maximum atomic E-state index is 14.0. The molecule has 1 aliphatic heterocycles. The van der Waals surface area contributed by atoms with Gasteiger partial charge in [0.25, 0.3) is 0 Å². The summed E-state index contributed by atoms with van der Waals surface area (Å²) in [5.74, 6) is -1.25. The van der Waals surface area contributed by atoms with Gasteiger partial charge in [-0.15, -0.1) is 0 Å². The highest BCUT2D eigenvalue weighted by Gasteiger charge is 2.29. The van der Waals surface area contributed by atoms with Crippen molar-refractivity contribution in [3.63, 3.8) is 0 Å². The molecule has 0 aliphatic carbocycles. The highest BCUT2D eigenvalue weighted by Crippen LogP contribution is 2.37. The number of allylic oxidation sites excluding steroid dienone is 4. The fourth-order valence-electron chi connectivity index (χ4n) is 3.32. The summed E-state index contributed by atoms with van der Waals surface area (Å²) in [6, 6.07) is 10.9. The lowest BCUT2D eigenvalue weighted by Gasteiger charge is -2.09. The highest BCUT2D eigenvalue weighted by molar-refractivity contribution is 8.04. The van der Waals surface area contributed by atoms with E-state index in [2.05, 4.69) is 11.6 Å². The van der Waals surface area contributed by atoms with Crippen molar-refractivity contribution >= 4 is 23.0 Å². The smallest absolute Gasteiger partial charge is 0.281 e. The molecule has 31 heavy (non-hydrogen) atoms. The Morgan fingerprint density at radius 3 is 2.29 bits per heavy atom. The minimum Gasteiger partial charge on any atom is -0.281 e. The number of thioether (sulfide) groups is 1. The Balaban J connectivity index is 1.71. The van der Waals surface area contributed by atoms with Crippen molar-refractivity contribution in [1.29, 1.82) is 0 Å². The van der Waals surface area contributed by atoms with Gasteiger partial charge in [-0.3, -0.25) is 4.99 Å². The summed E-state index contributed by atoms with van der Waals surface area (Å²) in [5, 5.41) is 0. The van der Waals surface area contributed by atoms with Gasteiger partial charge in [-0.2, -0.15) is 13.2 Å². The van der Waals surface area contributed by atoms with Crippen LogP contribution in [-0.4, -0.2) is 11.2 Å². The molecule has 1 aliphatic rings. The van der Waals surface area contributed by atoms with E-state index in [0.717, 1.165) is 11.1 Å². The number of benzene rings is 2. The number of nitrogens with zero attached hydrogens (tertiary/aromatic N) is 1. The maximum Gasteiger partial charge on any atom is 0.446 e. The molecule has 2 aromatic rings. The van der Waals surface area contributed by atoms with E-state index in [1.54, 1.807) is 6.92 Å². The predicted molar refractivity (Wildman–Crippen MR) is 117 cm³/mol. The molecule has 2 aromatic carbocycles. The van der Waals surface area contributed by atoms with Gasteiger partial charge in [0.05, 0.1) is 11.6 Å². The van der Waals surface area contributed by atoms with Crippen LogP contribution in [-0.2, 0) is 0 Å². The standard InChI is InChI=1S/C24H20F5NS/c1-3-18(31-24(27,28)29)12-7-15(2)16-8-10-17(11-9-16)21-13-14-22(30-21)23-19(25)5-4-6-20(23)26/h3-12,21H,2,13-14H2,1H3/b12-7-,18-3+/t21-/m0/s1. The lowest BCUT2D eigenvalue weighted by Crippen LogP contribution is -2.03. The van der Waals surface area contributed by atoms with Crippen molar-refractivity contribution in [2.24, 2.45) is 4.99 Å². The van der Waals surface area contributed by atoms with Gasteiger partial charge in [-0.25, -0.2) is 8.78 Å². The Hall–Kier alpha value is -2.67. The number of aliphatic imine (C=N–C) groups is 1. The largest absolute Gasteiger partial charge is 0.446 e. The molecule has 7 heteroatoms. The number of halogens is 5. The lowest BCUT2D eigenvalue weighted by molar-refractivity contribution is -0.0321. The summed E-state index contributed by atoms with van der Waals surface area (Å²) in [5.41, 5.74) is -1.78. The normalized spacial score (nSPS) is 17.3. The third kappa shape index (κ3) is 5.94. The van der Waals surface area contributed by atoms with Gasteiger partial charge in [0.15, 0.2) is 0 Å². The molecule has 1 heterocycles. The molecule has 0 N–H and O–H groups in total. The molecule has 0 bridgehead atoms. The van der Waals surface area contributed by atoms with Crippen molar-refractivity contribution < 1.29 is 22.0 Å². The predicted octanol–water partition coefficient (Wildman–Crippen LogP) is 8.02. The van der Waals surface area contributed by atoms with Crippen molar-refractivity contribution in [1.82, 2.24) is 0 Å². The Bertz CT molecular complexity index is 1030. The van der Waals surface area contributed by atoms with Crippen LogP contribution in [0.3, 0.4) is 0 Å². The average Bonchev–Trinajstić information content (AvgIpc) is 3.19. The molecule has 0 radical (unpaired) electrons. The second-order valence-corrected chi connectivity index (χ2v) is 8.08. The Kier molecular flexibility index (Phi) is 7.15. The second kappa shape index (κ2) is 9.64. The van der Waals surface area contributed by atoms with E-state index in [1.165, 1.54) is 36.4 Å². The molecule has 1 atom stereocenters. The van der Waals surface area contributed by atoms with E-state index in [4.69, 9.17) is 0 Å². The zero-order valence-electron chi connectivity index (χ0n) is 16.7. The van der Waals surface area contributed by atoms with Crippen LogP contribution in [0.1, 0.15) is 42.5 Å². The minimum atomic E-state index is -4.35. The molecule has 0 aromatic heterocycles. The molecular formula is C24H20F5NS. The van der Waals surface area contributed by atoms with E-state index < -0.39 is 17.1 Å². The molecule has 0 amide bonds. The summed E-state index contributed by atoms with van der Waals surface area (Å²) in [6.07, 6.45) is 5.42. The Labute approximate surface area is 182 Å². The highest BCUT2D eigenvalue weighted by atomic mass is 32.2.